The Morgan fingerprint density at radius 3 is 2.28 bits per heavy atom. The third-order valence-electron chi connectivity index (χ3n) is 5.50. The number of nitrogens with zero attached hydrogens (tertiary/aromatic N) is 1. The molecule has 1 aromatic heterocycles. The molecule has 0 bridgehead atoms. The quantitative estimate of drug-likeness (QED) is 0.566. The van der Waals surface area contributed by atoms with Crippen molar-refractivity contribution in [3.05, 3.63) is 41.3 Å². The fraction of sp³-hybridized carbons (Fsp3) is 0.520. The van der Waals surface area contributed by atoms with Gasteiger partial charge in [-0.2, -0.15) is 0 Å². The van der Waals surface area contributed by atoms with Crippen LogP contribution in [0.15, 0.2) is 36.4 Å². The number of hydrogen-bond acceptors (Lipinski definition) is 5. The van der Waals surface area contributed by atoms with Gasteiger partial charge in [-0.1, -0.05) is 70.9 Å². The first kappa shape index (κ1) is 26.0. The first-order chi connectivity index (χ1) is 15.1. The average Bonchev–Trinajstić information content (AvgIpc) is 3.50. The molecule has 2 aliphatic rings. The Hall–Kier alpha value is -2.22. The van der Waals surface area contributed by atoms with Gasteiger partial charge in [-0.25, -0.2) is 4.79 Å². The second-order valence-electron chi connectivity index (χ2n) is 7.45. The smallest absolute Gasteiger partial charge is 0.348 e. The summed E-state index contributed by atoms with van der Waals surface area (Å²) in [7, 11) is 0. The lowest BCUT2D eigenvalue weighted by Crippen LogP contribution is -2.42. The van der Waals surface area contributed by atoms with E-state index < -0.39 is 12.3 Å². The largest absolute Gasteiger partial charge is 0.477 e. The molecule has 0 radical (unpaired) electrons. The molecule has 6 nitrogen and oxygen atoms in total. The molecule has 1 aliphatic heterocycles. The van der Waals surface area contributed by atoms with Crippen LogP contribution in [0.4, 0.5) is 5.69 Å². The molecule has 2 fully saturated rings. The van der Waals surface area contributed by atoms with Gasteiger partial charge in [0.15, 0.2) is 6.29 Å². The number of rotatable bonds is 6. The van der Waals surface area contributed by atoms with E-state index >= 15 is 0 Å². The molecule has 1 aromatic carbocycles. The molecule has 7 heteroatoms. The predicted octanol–water partition coefficient (Wildman–Crippen LogP) is 6.06. The molecular weight excluding hydrogens is 426 g/mol. The van der Waals surface area contributed by atoms with Crippen molar-refractivity contribution in [2.24, 2.45) is 5.92 Å². The zero-order valence-corrected chi connectivity index (χ0v) is 19.0. The Bertz CT molecular complexity index is 854. The van der Waals surface area contributed by atoms with Gasteiger partial charge in [0.2, 0.25) is 5.91 Å². The Morgan fingerprint density at radius 1 is 1.06 bits per heavy atom. The molecule has 2 heterocycles. The number of aromatic carboxylic acids is 1. The first-order valence-corrected chi connectivity index (χ1v) is 11.9. The summed E-state index contributed by atoms with van der Waals surface area (Å²) in [6, 6.07) is 11.5. The van der Waals surface area contributed by atoms with Gasteiger partial charge in [-0.05, 0) is 24.5 Å². The zero-order chi connectivity index (χ0) is 22.2. The minimum Gasteiger partial charge on any atom is -0.477 e. The van der Waals surface area contributed by atoms with Gasteiger partial charge in [0, 0.05) is 10.8 Å². The number of carboxylic acids is 1. The summed E-state index contributed by atoms with van der Waals surface area (Å²) in [4.78, 5) is 28.0. The Labute approximate surface area is 195 Å². The number of carbonyl (C=O) groups excluding carboxylic acids is 1. The number of amides is 1. The van der Waals surface area contributed by atoms with E-state index in [2.05, 4.69) is 0 Å². The van der Waals surface area contributed by atoms with Gasteiger partial charge in [0.1, 0.15) is 4.88 Å². The predicted molar refractivity (Wildman–Crippen MR) is 129 cm³/mol. The van der Waals surface area contributed by atoms with E-state index in [1.54, 1.807) is 4.90 Å². The van der Waals surface area contributed by atoms with Gasteiger partial charge in [0.05, 0.1) is 25.4 Å². The maximum atomic E-state index is 13.4. The van der Waals surface area contributed by atoms with Crippen molar-refractivity contribution in [2.45, 2.75) is 59.7 Å². The Morgan fingerprint density at radius 2 is 1.69 bits per heavy atom. The fourth-order valence-corrected chi connectivity index (χ4v) is 5.02. The van der Waals surface area contributed by atoms with Crippen molar-refractivity contribution in [3.8, 4) is 10.4 Å². The van der Waals surface area contributed by atoms with Gasteiger partial charge in [-0.3, -0.25) is 4.79 Å². The van der Waals surface area contributed by atoms with Crippen LogP contribution in [0.5, 0.6) is 0 Å². The molecular formula is C25H35NO5S. The van der Waals surface area contributed by atoms with Gasteiger partial charge < -0.3 is 19.5 Å². The molecule has 1 saturated heterocycles. The molecule has 1 saturated carbocycles. The van der Waals surface area contributed by atoms with Crippen LogP contribution in [0.25, 0.3) is 10.4 Å². The van der Waals surface area contributed by atoms with Crippen molar-refractivity contribution in [2.75, 3.05) is 24.7 Å². The van der Waals surface area contributed by atoms with Crippen LogP contribution in [-0.4, -0.2) is 43.0 Å². The van der Waals surface area contributed by atoms with E-state index in [0.717, 1.165) is 42.5 Å². The van der Waals surface area contributed by atoms with Crippen LogP contribution in [0.3, 0.4) is 0 Å². The third kappa shape index (κ3) is 6.18. The van der Waals surface area contributed by atoms with Crippen molar-refractivity contribution in [1.82, 2.24) is 0 Å². The summed E-state index contributed by atoms with van der Waals surface area (Å²) in [6.07, 6.45) is 4.38. The van der Waals surface area contributed by atoms with E-state index in [0.29, 0.717) is 18.9 Å². The second-order valence-corrected chi connectivity index (χ2v) is 8.50. The molecule has 0 unspecified atom stereocenters. The van der Waals surface area contributed by atoms with Crippen molar-refractivity contribution >= 4 is 28.9 Å². The molecule has 0 atom stereocenters. The first-order valence-electron chi connectivity index (χ1n) is 11.1. The minimum atomic E-state index is -1.03. The van der Waals surface area contributed by atoms with Crippen LogP contribution in [-0.2, 0) is 14.3 Å². The van der Waals surface area contributed by atoms with Crippen LogP contribution in [0.2, 0.25) is 0 Å². The van der Waals surface area contributed by atoms with Crippen LogP contribution in [0.1, 0.15) is 63.0 Å². The highest BCUT2D eigenvalue weighted by molar-refractivity contribution is 7.18. The highest BCUT2D eigenvalue weighted by atomic mass is 32.1. The molecule has 1 amide bonds. The lowest BCUT2D eigenvalue weighted by molar-refractivity contribution is -0.124. The maximum Gasteiger partial charge on any atom is 0.348 e. The molecule has 2 aromatic rings. The van der Waals surface area contributed by atoms with Gasteiger partial charge >= 0.3 is 5.97 Å². The second kappa shape index (κ2) is 12.7. The van der Waals surface area contributed by atoms with Crippen LogP contribution >= 0.6 is 11.3 Å². The van der Waals surface area contributed by atoms with Crippen LogP contribution in [0, 0.1) is 5.92 Å². The normalized spacial score (nSPS) is 16.6. The van der Waals surface area contributed by atoms with Crippen molar-refractivity contribution in [1.29, 1.82) is 0 Å². The lowest BCUT2D eigenvalue weighted by Gasteiger charge is -2.30. The van der Waals surface area contributed by atoms with Crippen molar-refractivity contribution in [3.63, 3.8) is 0 Å². The lowest BCUT2D eigenvalue weighted by atomic mass is 9.88. The third-order valence-corrected chi connectivity index (χ3v) is 6.66. The van der Waals surface area contributed by atoms with E-state index in [1.807, 2.05) is 50.2 Å². The highest BCUT2D eigenvalue weighted by Crippen LogP contribution is 2.38. The van der Waals surface area contributed by atoms with Gasteiger partial charge in [-0.15, -0.1) is 11.3 Å². The van der Waals surface area contributed by atoms with E-state index in [-0.39, 0.29) is 30.7 Å². The number of benzene rings is 1. The highest BCUT2D eigenvalue weighted by Gasteiger charge is 2.33. The number of thiophene rings is 1. The average molecular weight is 462 g/mol. The molecule has 1 N–H and O–H groups in total. The number of hydrogen-bond donors (Lipinski definition) is 1. The Balaban J connectivity index is 0.00000118. The summed E-state index contributed by atoms with van der Waals surface area (Å²) in [5.41, 5.74) is 1.38. The van der Waals surface area contributed by atoms with Crippen LogP contribution < -0.4 is 4.90 Å². The van der Waals surface area contributed by atoms with E-state index in [4.69, 9.17) is 9.47 Å². The maximum absolute atomic E-state index is 13.4. The topological polar surface area (TPSA) is 76.1 Å². The zero-order valence-electron chi connectivity index (χ0n) is 18.2. The molecule has 1 aliphatic carbocycles. The van der Waals surface area contributed by atoms with E-state index in [9.17, 15) is 14.7 Å². The molecule has 176 valence electrons. The number of ether oxygens (including phenoxy) is 2. The number of carboxylic acid groups (broad SMARTS) is 1. The SMILES string of the molecule is C.CC.O=C(O)c1sc(-c2ccccc2)cc1N(CC1OCCO1)C(=O)C1CCCCC1. The standard InChI is InChI=1S/C22H25NO5S.C2H6.CH4/c24-21(16-9-5-2-6-10-16)23(14-19-27-11-12-28-19)17-13-18(29-20(17)22(25)26)15-7-3-1-4-8-15;1-2;/h1,3-4,7-8,13,16,19H,2,5-6,9-12,14H2,(H,25,26);1-2H3;1H4. The van der Waals surface area contributed by atoms with Gasteiger partial charge in [0.25, 0.3) is 0 Å². The summed E-state index contributed by atoms with van der Waals surface area (Å²) in [5.74, 6) is -1.13. The summed E-state index contributed by atoms with van der Waals surface area (Å²) >= 11 is 1.20. The molecule has 0 spiro atoms. The summed E-state index contributed by atoms with van der Waals surface area (Å²) in [5, 5.41) is 9.84. The summed E-state index contributed by atoms with van der Waals surface area (Å²) < 4.78 is 11.1. The monoisotopic (exact) mass is 461 g/mol. The minimum absolute atomic E-state index is 0. The fourth-order valence-electron chi connectivity index (χ4n) is 4.02. The molecule has 32 heavy (non-hydrogen) atoms. The Kier molecular flexibility index (Phi) is 10.4. The molecule has 4 rings (SSSR count). The van der Waals surface area contributed by atoms with E-state index in [1.165, 1.54) is 11.3 Å². The van der Waals surface area contributed by atoms with Crippen molar-refractivity contribution < 1.29 is 24.2 Å². The summed E-state index contributed by atoms with van der Waals surface area (Å²) in [6.45, 7) is 5.18. The number of carbonyl (C=O) groups is 2. The number of anilines is 1.